The number of phenols is 1. The third-order valence-electron chi connectivity index (χ3n) is 3.62. The standard InChI is InChI=1S/C15H15N3O4S/c1-9-12(13(20)21)23-14(16-9)18-7-6-17(15(18)22)8-10-2-4-11(19)5-3-10/h2-5,19H,6-8H2,1H3,(H,20,21). The zero-order valence-corrected chi connectivity index (χ0v) is 13.2. The predicted molar refractivity (Wildman–Crippen MR) is 85.1 cm³/mol. The number of rotatable bonds is 4. The van der Waals surface area contributed by atoms with E-state index in [1.165, 1.54) is 4.90 Å². The number of aromatic hydroxyl groups is 1. The van der Waals surface area contributed by atoms with Crippen LogP contribution in [0.1, 0.15) is 20.9 Å². The Labute approximate surface area is 136 Å². The summed E-state index contributed by atoms with van der Waals surface area (Å²) in [6, 6.07) is 6.50. The molecule has 1 aromatic heterocycles. The van der Waals surface area contributed by atoms with Gasteiger partial charge in [-0.15, -0.1) is 0 Å². The van der Waals surface area contributed by atoms with Crippen LogP contribution in [0.5, 0.6) is 5.75 Å². The lowest BCUT2D eigenvalue weighted by molar-refractivity contribution is 0.0701. The van der Waals surface area contributed by atoms with E-state index in [4.69, 9.17) is 5.11 Å². The predicted octanol–water partition coefficient (Wildman–Crippen LogP) is 2.30. The van der Waals surface area contributed by atoms with Crippen LogP contribution in [0.25, 0.3) is 0 Å². The molecule has 8 heteroatoms. The Hall–Kier alpha value is -2.61. The summed E-state index contributed by atoms with van der Waals surface area (Å²) in [5.41, 5.74) is 1.34. The van der Waals surface area contributed by atoms with Gasteiger partial charge in [-0.2, -0.15) is 0 Å². The molecular formula is C15H15N3O4S. The maximum atomic E-state index is 12.5. The number of aryl methyl sites for hydroxylation is 1. The van der Waals surface area contributed by atoms with Crippen molar-refractivity contribution in [2.45, 2.75) is 13.5 Å². The molecule has 0 saturated carbocycles. The number of thiazole rings is 1. The minimum absolute atomic E-state index is 0.157. The van der Waals surface area contributed by atoms with Crippen LogP contribution < -0.4 is 4.90 Å². The third-order valence-corrected chi connectivity index (χ3v) is 4.78. The highest BCUT2D eigenvalue weighted by Crippen LogP contribution is 2.29. The first-order chi connectivity index (χ1) is 11.0. The van der Waals surface area contributed by atoms with E-state index in [0.717, 1.165) is 16.9 Å². The van der Waals surface area contributed by atoms with E-state index in [-0.39, 0.29) is 16.7 Å². The highest BCUT2D eigenvalue weighted by atomic mass is 32.1. The van der Waals surface area contributed by atoms with Crippen molar-refractivity contribution in [1.82, 2.24) is 9.88 Å². The molecule has 2 N–H and O–H groups in total. The summed E-state index contributed by atoms with van der Waals surface area (Å²) in [6.45, 7) is 3.08. The van der Waals surface area contributed by atoms with Crippen molar-refractivity contribution in [3.05, 3.63) is 40.4 Å². The van der Waals surface area contributed by atoms with Gasteiger partial charge in [0.05, 0.1) is 5.69 Å². The average molecular weight is 333 g/mol. The SMILES string of the molecule is Cc1nc(N2CCN(Cc3ccc(O)cc3)C2=O)sc1C(=O)O. The maximum absolute atomic E-state index is 12.5. The van der Waals surface area contributed by atoms with Gasteiger partial charge in [-0.3, -0.25) is 4.90 Å². The Morgan fingerprint density at radius 3 is 2.61 bits per heavy atom. The van der Waals surface area contributed by atoms with Crippen molar-refractivity contribution in [3.63, 3.8) is 0 Å². The minimum Gasteiger partial charge on any atom is -0.508 e. The molecule has 2 aromatic rings. The number of urea groups is 1. The van der Waals surface area contributed by atoms with Crippen molar-refractivity contribution in [3.8, 4) is 5.75 Å². The molecule has 2 heterocycles. The Balaban J connectivity index is 1.75. The number of carboxylic acids is 1. The Kier molecular flexibility index (Phi) is 3.91. The van der Waals surface area contributed by atoms with Crippen LogP contribution in [0.2, 0.25) is 0 Å². The second-order valence-electron chi connectivity index (χ2n) is 5.24. The number of carbonyl (C=O) groups is 2. The molecule has 1 saturated heterocycles. The number of aromatic nitrogens is 1. The van der Waals surface area contributed by atoms with Gasteiger partial charge >= 0.3 is 12.0 Å². The van der Waals surface area contributed by atoms with E-state index in [1.807, 2.05) is 0 Å². The molecule has 0 aliphatic carbocycles. The normalized spacial score (nSPS) is 14.6. The van der Waals surface area contributed by atoms with Gasteiger partial charge in [0.25, 0.3) is 0 Å². The molecule has 3 rings (SSSR count). The second-order valence-corrected chi connectivity index (χ2v) is 6.22. The van der Waals surface area contributed by atoms with Crippen LogP contribution in [-0.2, 0) is 6.54 Å². The molecule has 1 aliphatic heterocycles. The lowest BCUT2D eigenvalue weighted by Crippen LogP contribution is -2.31. The van der Waals surface area contributed by atoms with Crippen LogP contribution >= 0.6 is 11.3 Å². The zero-order valence-electron chi connectivity index (χ0n) is 12.4. The molecule has 0 bridgehead atoms. The van der Waals surface area contributed by atoms with Crippen molar-refractivity contribution in [2.75, 3.05) is 18.0 Å². The van der Waals surface area contributed by atoms with E-state index < -0.39 is 5.97 Å². The summed E-state index contributed by atoms with van der Waals surface area (Å²) in [5, 5.41) is 18.8. The third kappa shape index (κ3) is 2.98. The smallest absolute Gasteiger partial charge is 0.347 e. The second kappa shape index (κ2) is 5.88. The largest absolute Gasteiger partial charge is 0.508 e. The fourth-order valence-corrected chi connectivity index (χ4v) is 3.35. The molecule has 23 heavy (non-hydrogen) atoms. The van der Waals surface area contributed by atoms with Gasteiger partial charge in [0, 0.05) is 19.6 Å². The number of nitrogens with zero attached hydrogens (tertiary/aromatic N) is 3. The van der Waals surface area contributed by atoms with Crippen LogP contribution in [0.15, 0.2) is 24.3 Å². The summed E-state index contributed by atoms with van der Waals surface area (Å²) < 4.78 is 0. The van der Waals surface area contributed by atoms with Gasteiger partial charge in [-0.05, 0) is 24.6 Å². The number of benzene rings is 1. The summed E-state index contributed by atoms with van der Waals surface area (Å²) in [6.07, 6.45) is 0. The summed E-state index contributed by atoms with van der Waals surface area (Å²) >= 11 is 1.01. The van der Waals surface area contributed by atoms with Gasteiger partial charge < -0.3 is 15.1 Å². The quantitative estimate of drug-likeness (QED) is 0.895. The zero-order chi connectivity index (χ0) is 16.6. The molecule has 0 atom stereocenters. The molecule has 1 aromatic carbocycles. The van der Waals surface area contributed by atoms with E-state index in [0.29, 0.717) is 30.5 Å². The number of carboxylic acid groups (broad SMARTS) is 1. The van der Waals surface area contributed by atoms with Crippen molar-refractivity contribution in [1.29, 1.82) is 0 Å². The number of hydrogen-bond acceptors (Lipinski definition) is 5. The highest BCUT2D eigenvalue weighted by Gasteiger charge is 2.32. The number of carbonyl (C=O) groups excluding carboxylic acids is 1. The van der Waals surface area contributed by atoms with E-state index in [2.05, 4.69) is 4.98 Å². The van der Waals surface area contributed by atoms with Crippen molar-refractivity contribution < 1.29 is 19.8 Å². The number of hydrogen-bond donors (Lipinski definition) is 2. The van der Waals surface area contributed by atoms with Gasteiger partial charge in [0.15, 0.2) is 5.13 Å². The lowest BCUT2D eigenvalue weighted by atomic mass is 10.2. The number of phenolic OH excluding ortho intramolecular Hbond substituents is 1. The molecule has 0 spiro atoms. The molecule has 7 nitrogen and oxygen atoms in total. The molecule has 120 valence electrons. The minimum atomic E-state index is -1.03. The van der Waals surface area contributed by atoms with Gasteiger partial charge in [-0.1, -0.05) is 23.5 Å². The first kappa shape index (κ1) is 15.3. The lowest BCUT2D eigenvalue weighted by Gasteiger charge is -2.17. The Morgan fingerprint density at radius 2 is 2.00 bits per heavy atom. The summed E-state index contributed by atoms with van der Waals surface area (Å²) in [4.78, 5) is 31.1. The summed E-state index contributed by atoms with van der Waals surface area (Å²) in [7, 11) is 0. The summed E-state index contributed by atoms with van der Waals surface area (Å²) in [5.74, 6) is -0.846. The Bertz CT molecular complexity index is 757. The van der Waals surface area contributed by atoms with Gasteiger partial charge in [0.1, 0.15) is 10.6 Å². The molecule has 1 fully saturated rings. The van der Waals surface area contributed by atoms with E-state index >= 15 is 0 Å². The number of anilines is 1. The van der Waals surface area contributed by atoms with Crippen LogP contribution in [0.3, 0.4) is 0 Å². The number of amides is 2. The molecular weight excluding hydrogens is 318 g/mol. The first-order valence-corrected chi connectivity index (χ1v) is 7.82. The fourth-order valence-electron chi connectivity index (χ4n) is 2.42. The van der Waals surface area contributed by atoms with Gasteiger partial charge in [-0.25, -0.2) is 14.6 Å². The van der Waals surface area contributed by atoms with Crippen molar-refractivity contribution in [2.24, 2.45) is 0 Å². The van der Waals surface area contributed by atoms with Gasteiger partial charge in [0.2, 0.25) is 0 Å². The molecule has 0 unspecified atom stereocenters. The first-order valence-electron chi connectivity index (χ1n) is 7.01. The fraction of sp³-hybridized carbons (Fsp3) is 0.267. The molecule has 1 aliphatic rings. The average Bonchev–Trinajstić information content (AvgIpc) is 3.05. The van der Waals surface area contributed by atoms with Crippen molar-refractivity contribution >= 4 is 28.5 Å². The van der Waals surface area contributed by atoms with Crippen LogP contribution in [0.4, 0.5) is 9.93 Å². The van der Waals surface area contributed by atoms with Crippen LogP contribution in [-0.4, -0.2) is 45.2 Å². The monoisotopic (exact) mass is 333 g/mol. The maximum Gasteiger partial charge on any atom is 0.347 e. The van der Waals surface area contributed by atoms with E-state index in [9.17, 15) is 14.7 Å². The topological polar surface area (TPSA) is 94.0 Å². The Morgan fingerprint density at radius 1 is 1.30 bits per heavy atom. The molecule has 0 radical (unpaired) electrons. The van der Waals surface area contributed by atoms with E-state index in [1.54, 1.807) is 36.1 Å². The highest BCUT2D eigenvalue weighted by molar-refractivity contribution is 7.17. The van der Waals surface area contributed by atoms with Crippen LogP contribution in [0, 0.1) is 6.92 Å². The molecule has 2 amide bonds. The number of aromatic carboxylic acids is 1.